The number of fused-ring (bicyclic) bond motifs is 1. The highest BCUT2D eigenvalue weighted by Gasteiger charge is 2.19. The number of amides is 2. The lowest BCUT2D eigenvalue weighted by molar-refractivity contribution is 0.0827. The lowest BCUT2D eigenvalue weighted by atomic mass is 10.1. The molecule has 2 aromatic heterocycles. The number of nitrogens with one attached hydrogen (secondary N) is 2. The summed E-state index contributed by atoms with van der Waals surface area (Å²) in [6.45, 7) is 1.78. The summed E-state index contributed by atoms with van der Waals surface area (Å²) in [5.41, 5.74) is 6.43. The number of aromatic nitrogens is 1. The number of furan rings is 1. The van der Waals surface area contributed by atoms with Crippen LogP contribution in [0, 0.1) is 6.92 Å². The van der Waals surface area contributed by atoms with Crippen molar-refractivity contribution in [2.24, 2.45) is 7.05 Å². The number of ether oxygens (including phenoxy) is 1. The number of benzene rings is 1. The predicted molar refractivity (Wildman–Crippen MR) is 87.8 cm³/mol. The summed E-state index contributed by atoms with van der Waals surface area (Å²) in [6.07, 6.45) is 1.74. The highest BCUT2D eigenvalue weighted by Crippen LogP contribution is 2.28. The van der Waals surface area contributed by atoms with Gasteiger partial charge >= 0.3 is 5.91 Å². The zero-order valence-electron chi connectivity index (χ0n) is 13.5. The van der Waals surface area contributed by atoms with Crippen LogP contribution in [-0.4, -0.2) is 23.5 Å². The van der Waals surface area contributed by atoms with E-state index in [1.807, 2.05) is 0 Å². The molecule has 0 aliphatic heterocycles. The molecule has 1 aromatic carbocycles. The van der Waals surface area contributed by atoms with Crippen molar-refractivity contribution in [2.45, 2.75) is 6.92 Å². The first-order valence-electron chi connectivity index (χ1n) is 7.30. The number of aryl methyl sites for hydroxylation is 2. The van der Waals surface area contributed by atoms with E-state index in [4.69, 9.17) is 9.15 Å². The Morgan fingerprint density at radius 1 is 1.17 bits per heavy atom. The third-order valence-electron chi connectivity index (χ3n) is 3.82. The van der Waals surface area contributed by atoms with Crippen molar-refractivity contribution in [1.82, 2.24) is 15.4 Å². The summed E-state index contributed by atoms with van der Waals surface area (Å²) >= 11 is 0. The second-order valence-corrected chi connectivity index (χ2v) is 5.33. The minimum absolute atomic E-state index is 0.144. The molecule has 3 rings (SSSR count). The third-order valence-corrected chi connectivity index (χ3v) is 3.82. The molecule has 2 N–H and O–H groups in total. The smallest absolute Gasteiger partial charge is 0.305 e. The van der Waals surface area contributed by atoms with E-state index < -0.39 is 11.8 Å². The molecule has 0 unspecified atom stereocenters. The van der Waals surface area contributed by atoms with Crippen LogP contribution >= 0.6 is 0 Å². The Labute approximate surface area is 138 Å². The van der Waals surface area contributed by atoms with Gasteiger partial charge in [-0.1, -0.05) is 0 Å². The summed E-state index contributed by atoms with van der Waals surface area (Å²) in [5.74, 6) is -0.114. The van der Waals surface area contributed by atoms with Crippen molar-refractivity contribution in [3.05, 3.63) is 53.5 Å². The van der Waals surface area contributed by atoms with Crippen molar-refractivity contribution in [3.63, 3.8) is 0 Å². The molecule has 7 heteroatoms. The average Bonchev–Trinajstić information content (AvgIpc) is 3.16. The zero-order valence-corrected chi connectivity index (χ0v) is 13.5. The molecule has 0 aliphatic rings. The molecule has 0 saturated carbocycles. The second-order valence-electron chi connectivity index (χ2n) is 5.33. The van der Waals surface area contributed by atoms with Gasteiger partial charge in [-0.2, -0.15) is 0 Å². The summed E-state index contributed by atoms with van der Waals surface area (Å²) in [4.78, 5) is 24.3. The van der Waals surface area contributed by atoms with Crippen LogP contribution in [0.4, 0.5) is 0 Å². The summed E-state index contributed by atoms with van der Waals surface area (Å²) in [5, 5.41) is 0.785. The van der Waals surface area contributed by atoms with E-state index in [9.17, 15) is 9.59 Å². The first kappa shape index (κ1) is 15.7. The monoisotopic (exact) mass is 327 g/mol. The highest BCUT2D eigenvalue weighted by atomic mass is 16.5. The molecule has 0 fully saturated rings. The van der Waals surface area contributed by atoms with Crippen molar-refractivity contribution < 1.29 is 18.7 Å². The van der Waals surface area contributed by atoms with Gasteiger partial charge in [0.2, 0.25) is 0 Å². The van der Waals surface area contributed by atoms with E-state index in [1.165, 1.54) is 0 Å². The molecule has 7 nitrogen and oxygen atoms in total. The number of carbonyl (C=O) groups is 2. The number of rotatable bonds is 3. The molecule has 0 atom stereocenters. The van der Waals surface area contributed by atoms with Crippen LogP contribution < -0.4 is 15.6 Å². The second kappa shape index (κ2) is 6.11. The Morgan fingerprint density at radius 2 is 1.92 bits per heavy atom. The molecule has 0 radical (unpaired) electrons. The fraction of sp³-hybridized carbons (Fsp3) is 0.176. The van der Waals surface area contributed by atoms with Gasteiger partial charge in [-0.3, -0.25) is 20.4 Å². The minimum atomic E-state index is -0.523. The lowest BCUT2D eigenvalue weighted by Crippen LogP contribution is -2.42. The molecule has 3 aromatic rings. The highest BCUT2D eigenvalue weighted by molar-refractivity contribution is 6.01. The predicted octanol–water partition coefficient (Wildman–Crippen LogP) is 2.16. The van der Waals surface area contributed by atoms with Crippen LogP contribution in [0.2, 0.25) is 0 Å². The Morgan fingerprint density at radius 3 is 2.58 bits per heavy atom. The molecular formula is C17H17N3O4. The molecule has 124 valence electrons. The molecule has 24 heavy (non-hydrogen) atoms. The molecule has 0 spiro atoms. The average molecular weight is 327 g/mol. The number of nitrogens with zero attached hydrogens (tertiary/aromatic N) is 1. The van der Waals surface area contributed by atoms with Crippen LogP contribution in [0.1, 0.15) is 26.6 Å². The van der Waals surface area contributed by atoms with Gasteiger partial charge in [0.05, 0.1) is 7.11 Å². The first-order valence-corrected chi connectivity index (χ1v) is 7.30. The van der Waals surface area contributed by atoms with Gasteiger partial charge in [-0.05, 0) is 37.3 Å². The Kier molecular flexibility index (Phi) is 3.99. The van der Waals surface area contributed by atoms with E-state index >= 15 is 0 Å². The number of hydrogen-bond acceptors (Lipinski definition) is 4. The fourth-order valence-corrected chi connectivity index (χ4v) is 2.47. The third kappa shape index (κ3) is 2.71. The van der Waals surface area contributed by atoms with Crippen molar-refractivity contribution >= 4 is 22.8 Å². The van der Waals surface area contributed by atoms with Crippen LogP contribution in [0.3, 0.4) is 0 Å². The molecule has 2 amide bonds. The SMILES string of the molecule is COc1ccc2oc(C(=O)NNC(=O)c3cccn3C)c(C)c2c1. The fourth-order valence-electron chi connectivity index (χ4n) is 2.47. The van der Waals surface area contributed by atoms with Gasteiger partial charge in [0.25, 0.3) is 5.91 Å². The summed E-state index contributed by atoms with van der Waals surface area (Å²) in [7, 11) is 3.32. The van der Waals surface area contributed by atoms with Crippen LogP contribution in [-0.2, 0) is 7.05 Å². The van der Waals surface area contributed by atoms with E-state index in [0.29, 0.717) is 22.6 Å². The maximum atomic E-state index is 12.3. The molecule has 2 heterocycles. The lowest BCUT2D eigenvalue weighted by Gasteiger charge is -2.07. The van der Waals surface area contributed by atoms with Gasteiger partial charge in [-0.25, -0.2) is 0 Å². The minimum Gasteiger partial charge on any atom is -0.497 e. The van der Waals surface area contributed by atoms with Crippen LogP contribution in [0.15, 0.2) is 40.9 Å². The Balaban J connectivity index is 1.78. The van der Waals surface area contributed by atoms with Gasteiger partial charge in [0, 0.05) is 24.2 Å². The number of carbonyl (C=O) groups excluding carboxylic acids is 2. The zero-order chi connectivity index (χ0) is 17.3. The molecule has 0 aliphatic carbocycles. The van der Waals surface area contributed by atoms with Crippen molar-refractivity contribution in [1.29, 1.82) is 0 Å². The maximum Gasteiger partial charge on any atom is 0.305 e. The normalized spacial score (nSPS) is 10.6. The largest absolute Gasteiger partial charge is 0.497 e. The Bertz CT molecular complexity index is 923. The van der Waals surface area contributed by atoms with Crippen LogP contribution in [0.5, 0.6) is 5.75 Å². The maximum absolute atomic E-state index is 12.3. The van der Waals surface area contributed by atoms with E-state index in [0.717, 1.165) is 5.39 Å². The molecular weight excluding hydrogens is 310 g/mol. The standard InChI is InChI=1S/C17H17N3O4/c1-10-12-9-11(23-3)6-7-14(12)24-15(10)17(22)19-18-16(21)13-5-4-8-20(13)2/h4-9H,1-3H3,(H,18,21)(H,19,22). The van der Waals surface area contributed by atoms with Crippen molar-refractivity contribution in [3.8, 4) is 5.75 Å². The van der Waals surface area contributed by atoms with Gasteiger partial charge in [0.15, 0.2) is 5.76 Å². The van der Waals surface area contributed by atoms with E-state index in [1.54, 1.807) is 62.2 Å². The Hall–Kier alpha value is -3.22. The number of methoxy groups -OCH3 is 1. The quantitative estimate of drug-likeness (QED) is 0.722. The summed E-state index contributed by atoms with van der Waals surface area (Å²) in [6, 6.07) is 8.69. The topological polar surface area (TPSA) is 85.5 Å². The van der Waals surface area contributed by atoms with Gasteiger partial charge in [0.1, 0.15) is 17.0 Å². The van der Waals surface area contributed by atoms with E-state index in [-0.39, 0.29) is 5.76 Å². The van der Waals surface area contributed by atoms with Gasteiger partial charge < -0.3 is 13.7 Å². The van der Waals surface area contributed by atoms with Crippen LogP contribution in [0.25, 0.3) is 11.0 Å². The number of hydrazine groups is 1. The number of hydrogen-bond donors (Lipinski definition) is 2. The van der Waals surface area contributed by atoms with Gasteiger partial charge in [-0.15, -0.1) is 0 Å². The van der Waals surface area contributed by atoms with E-state index in [2.05, 4.69) is 10.9 Å². The molecule has 0 bridgehead atoms. The molecule has 0 saturated heterocycles. The summed E-state index contributed by atoms with van der Waals surface area (Å²) < 4.78 is 12.4. The van der Waals surface area contributed by atoms with Crippen molar-refractivity contribution in [2.75, 3.05) is 7.11 Å². The first-order chi connectivity index (χ1) is 11.5.